The van der Waals surface area contributed by atoms with Gasteiger partial charge < -0.3 is 10.0 Å². The van der Waals surface area contributed by atoms with Crippen LogP contribution in [-0.2, 0) is 9.59 Å². The van der Waals surface area contributed by atoms with E-state index in [2.05, 4.69) is 0 Å². The molecule has 0 unspecified atom stereocenters. The lowest BCUT2D eigenvalue weighted by molar-refractivity contribution is -0.142. The molecule has 0 aromatic heterocycles. The van der Waals surface area contributed by atoms with Crippen molar-refractivity contribution in [1.29, 1.82) is 0 Å². The number of hydrogen-bond donors (Lipinski definition) is 1. The highest BCUT2D eigenvalue weighted by Crippen LogP contribution is 2.02. The molecule has 90 valence electrons. The maximum atomic E-state index is 11.7. The molecule has 0 aliphatic carbocycles. The minimum Gasteiger partial charge on any atom is -0.480 e. The summed E-state index contributed by atoms with van der Waals surface area (Å²) in [5, 5.41) is 8.63. The van der Waals surface area contributed by atoms with E-state index in [-0.39, 0.29) is 12.5 Å². The van der Waals surface area contributed by atoms with E-state index in [0.717, 1.165) is 5.56 Å². The zero-order valence-corrected chi connectivity index (χ0v) is 9.67. The number of hydrogen-bond acceptors (Lipinski definition) is 2. The van der Waals surface area contributed by atoms with Crippen molar-refractivity contribution in [2.45, 2.75) is 6.92 Å². The lowest BCUT2D eigenvalue weighted by Gasteiger charge is -2.15. The molecular weight excluding hydrogens is 218 g/mol. The fourth-order valence-corrected chi connectivity index (χ4v) is 1.35. The molecule has 0 saturated heterocycles. The average Bonchev–Trinajstić information content (AvgIpc) is 2.34. The Balaban J connectivity index is 2.64. The van der Waals surface area contributed by atoms with Crippen LogP contribution in [0.3, 0.4) is 0 Å². The number of carboxylic acids is 1. The monoisotopic (exact) mass is 233 g/mol. The van der Waals surface area contributed by atoms with Gasteiger partial charge in [0.2, 0.25) is 5.91 Å². The first kappa shape index (κ1) is 13.0. The fourth-order valence-electron chi connectivity index (χ4n) is 1.35. The number of amides is 1. The van der Waals surface area contributed by atoms with Gasteiger partial charge in [-0.05, 0) is 18.6 Å². The number of aliphatic carboxylic acids is 1. The van der Waals surface area contributed by atoms with Gasteiger partial charge in [0.15, 0.2) is 0 Å². The molecule has 1 amide bonds. The molecule has 4 nitrogen and oxygen atoms in total. The van der Waals surface area contributed by atoms with Crippen LogP contribution >= 0.6 is 0 Å². The van der Waals surface area contributed by atoms with E-state index in [1.54, 1.807) is 13.0 Å². The number of benzene rings is 1. The molecule has 4 heteroatoms. The van der Waals surface area contributed by atoms with Crippen LogP contribution in [0.2, 0.25) is 0 Å². The second-order valence-corrected chi connectivity index (χ2v) is 3.49. The summed E-state index contributed by atoms with van der Waals surface area (Å²) < 4.78 is 0. The molecule has 17 heavy (non-hydrogen) atoms. The summed E-state index contributed by atoms with van der Waals surface area (Å²) in [6, 6.07) is 9.38. The molecule has 0 spiro atoms. The van der Waals surface area contributed by atoms with Crippen molar-refractivity contribution in [1.82, 2.24) is 4.90 Å². The van der Waals surface area contributed by atoms with E-state index in [1.807, 2.05) is 30.3 Å². The van der Waals surface area contributed by atoms with Crippen LogP contribution in [0.1, 0.15) is 12.5 Å². The van der Waals surface area contributed by atoms with Crippen molar-refractivity contribution >= 4 is 18.0 Å². The van der Waals surface area contributed by atoms with Crippen molar-refractivity contribution in [3.63, 3.8) is 0 Å². The lowest BCUT2D eigenvalue weighted by atomic mass is 10.2. The molecule has 0 radical (unpaired) electrons. The Bertz CT molecular complexity index is 412. The molecule has 1 N–H and O–H groups in total. The second kappa shape index (κ2) is 6.48. The average molecular weight is 233 g/mol. The number of carboxylic acid groups (broad SMARTS) is 1. The molecule has 1 aromatic rings. The van der Waals surface area contributed by atoms with Gasteiger partial charge in [-0.3, -0.25) is 9.59 Å². The summed E-state index contributed by atoms with van der Waals surface area (Å²) in [4.78, 5) is 23.5. The molecule has 1 aromatic carbocycles. The van der Waals surface area contributed by atoms with Gasteiger partial charge in [0.1, 0.15) is 6.54 Å². The minimum absolute atomic E-state index is 0.269. The Morgan fingerprint density at radius 2 is 1.94 bits per heavy atom. The molecule has 0 aliphatic rings. The Kier molecular flexibility index (Phi) is 4.94. The summed E-state index contributed by atoms with van der Waals surface area (Å²) in [5.41, 5.74) is 0.909. The van der Waals surface area contributed by atoms with Gasteiger partial charge in [-0.2, -0.15) is 0 Å². The number of carbonyl (C=O) groups is 2. The smallest absolute Gasteiger partial charge is 0.323 e. The number of nitrogens with zero attached hydrogens (tertiary/aromatic N) is 1. The predicted octanol–water partition coefficient (Wildman–Crippen LogP) is 1.63. The highest BCUT2D eigenvalue weighted by molar-refractivity contribution is 5.93. The highest BCUT2D eigenvalue weighted by atomic mass is 16.4. The fraction of sp³-hybridized carbons (Fsp3) is 0.231. The van der Waals surface area contributed by atoms with Gasteiger partial charge >= 0.3 is 5.97 Å². The summed E-state index contributed by atoms with van der Waals surface area (Å²) in [5.74, 6) is -1.30. The van der Waals surface area contributed by atoms with Crippen LogP contribution in [0.15, 0.2) is 36.4 Å². The first-order valence-corrected chi connectivity index (χ1v) is 5.37. The van der Waals surface area contributed by atoms with Crippen LogP contribution in [-0.4, -0.2) is 35.0 Å². The predicted molar refractivity (Wildman–Crippen MR) is 65.4 cm³/mol. The third-order valence-electron chi connectivity index (χ3n) is 2.24. The Morgan fingerprint density at radius 1 is 1.29 bits per heavy atom. The first-order chi connectivity index (χ1) is 8.13. The van der Waals surface area contributed by atoms with Crippen molar-refractivity contribution in [3.05, 3.63) is 42.0 Å². The quantitative estimate of drug-likeness (QED) is 0.786. The van der Waals surface area contributed by atoms with Crippen LogP contribution in [0.4, 0.5) is 0 Å². The molecule has 0 bridgehead atoms. The topological polar surface area (TPSA) is 57.6 Å². The van der Waals surface area contributed by atoms with Gasteiger partial charge in [0, 0.05) is 12.6 Å². The van der Waals surface area contributed by atoms with Gasteiger partial charge in [0.25, 0.3) is 0 Å². The van der Waals surface area contributed by atoms with E-state index in [4.69, 9.17) is 5.11 Å². The van der Waals surface area contributed by atoms with Gasteiger partial charge in [-0.25, -0.2) is 0 Å². The number of likely N-dealkylation sites (N-methyl/N-ethyl adjacent to an activating group) is 1. The van der Waals surface area contributed by atoms with E-state index < -0.39 is 5.97 Å². The van der Waals surface area contributed by atoms with Gasteiger partial charge in [-0.1, -0.05) is 30.3 Å². The lowest BCUT2D eigenvalue weighted by Crippen LogP contribution is -2.34. The van der Waals surface area contributed by atoms with Crippen LogP contribution < -0.4 is 0 Å². The third-order valence-corrected chi connectivity index (χ3v) is 2.24. The molecule has 0 saturated carbocycles. The van der Waals surface area contributed by atoms with Crippen LogP contribution in [0.5, 0.6) is 0 Å². The molecule has 0 fully saturated rings. The summed E-state index contributed by atoms with van der Waals surface area (Å²) in [7, 11) is 0. The van der Waals surface area contributed by atoms with E-state index in [0.29, 0.717) is 6.54 Å². The SMILES string of the molecule is CCN(CC(=O)O)C(=O)/C=C/c1ccccc1. The van der Waals surface area contributed by atoms with Crippen molar-refractivity contribution in [2.24, 2.45) is 0 Å². The molecule has 1 rings (SSSR count). The van der Waals surface area contributed by atoms with Crippen LogP contribution in [0.25, 0.3) is 6.08 Å². The van der Waals surface area contributed by atoms with Crippen molar-refractivity contribution in [2.75, 3.05) is 13.1 Å². The molecule has 0 aliphatic heterocycles. The summed E-state index contributed by atoms with van der Waals surface area (Å²) in [6.45, 7) is 1.86. The maximum absolute atomic E-state index is 11.7. The van der Waals surface area contributed by atoms with E-state index >= 15 is 0 Å². The van der Waals surface area contributed by atoms with Gasteiger partial charge in [-0.15, -0.1) is 0 Å². The molecular formula is C13H15NO3. The zero-order chi connectivity index (χ0) is 12.7. The Hall–Kier alpha value is -2.10. The van der Waals surface area contributed by atoms with Crippen LogP contribution in [0, 0.1) is 0 Å². The molecule has 0 atom stereocenters. The number of rotatable bonds is 5. The standard InChI is InChI=1S/C13H15NO3/c1-2-14(10-13(16)17)12(15)9-8-11-6-4-3-5-7-11/h3-9H,2,10H2,1H3,(H,16,17)/b9-8+. The number of carbonyl (C=O) groups excluding carboxylic acids is 1. The van der Waals surface area contributed by atoms with E-state index in [9.17, 15) is 9.59 Å². The normalized spacial score (nSPS) is 10.4. The summed E-state index contributed by atoms with van der Waals surface area (Å²) in [6.07, 6.45) is 3.06. The highest BCUT2D eigenvalue weighted by Gasteiger charge is 2.11. The maximum Gasteiger partial charge on any atom is 0.323 e. The summed E-state index contributed by atoms with van der Waals surface area (Å²) >= 11 is 0. The van der Waals surface area contributed by atoms with Gasteiger partial charge in [0.05, 0.1) is 0 Å². The minimum atomic E-state index is -1.01. The Morgan fingerprint density at radius 3 is 2.47 bits per heavy atom. The molecule has 0 heterocycles. The van der Waals surface area contributed by atoms with Crippen molar-refractivity contribution in [3.8, 4) is 0 Å². The third kappa shape index (κ3) is 4.51. The zero-order valence-electron chi connectivity index (χ0n) is 9.67. The largest absolute Gasteiger partial charge is 0.480 e. The van der Waals surface area contributed by atoms with E-state index in [1.165, 1.54) is 11.0 Å². The Labute approximate surface area is 100 Å². The first-order valence-electron chi connectivity index (χ1n) is 5.37. The second-order valence-electron chi connectivity index (χ2n) is 3.49. The van der Waals surface area contributed by atoms with Crippen molar-refractivity contribution < 1.29 is 14.7 Å².